The summed E-state index contributed by atoms with van der Waals surface area (Å²) >= 11 is 0. The lowest BCUT2D eigenvalue weighted by atomic mass is 10.1. The Morgan fingerprint density at radius 1 is 1.47 bits per heavy atom. The highest BCUT2D eigenvalue weighted by atomic mass is 35.5. The van der Waals surface area contributed by atoms with E-state index in [1.807, 2.05) is 0 Å². The Labute approximate surface area is 108 Å². The molecule has 2 heterocycles. The molecule has 2 amide bonds. The van der Waals surface area contributed by atoms with Crippen molar-refractivity contribution in [1.82, 2.24) is 15.5 Å². The van der Waals surface area contributed by atoms with Crippen molar-refractivity contribution in [1.29, 1.82) is 0 Å². The first-order valence-electron chi connectivity index (χ1n) is 6.03. The Morgan fingerprint density at radius 2 is 2.29 bits per heavy atom. The quantitative estimate of drug-likeness (QED) is 0.746. The molecule has 1 atom stereocenters. The van der Waals surface area contributed by atoms with Crippen LogP contribution in [0.15, 0.2) is 0 Å². The smallest absolute Gasteiger partial charge is 0.239 e. The highest BCUT2D eigenvalue weighted by Gasteiger charge is 2.23. The summed E-state index contributed by atoms with van der Waals surface area (Å²) in [5.74, 6) is 0.0841. The number of nitrogens with zero attached hydrogens (tertiary/aromatic N) is 1. The van der Waals surface area contributed by atoms with Gasteiger partial charge >= 0.3 is 0 Å². The topological polar surface area (TPSA) is 61.4 Å². The monoisotopic (exact) mass is 261 g/mol. The average Bonchev–Trinajstić information content (AvgIpc) is 2.66. The van der Waals surface area contributed by atoms with Crippen LogP contribution in [0, 0.1) is 0 Å². The molecule has 2 aliphatic heterocycles. The predicted octanol–water partition coefficient (Wildman–Crippen LogP) is -0.101. The summed E-state index contributed by atoms with van der Waals surface area (Å²) in [4.78, 5) is 24.7. The molecule has 6 heteroatoms. The van der Waals surface area contributed by atoms with Crippen molar-refractivity contribution in [2.45, 2.75) is 31.7 Å². The second-order valence-corrected chi connectivity index (χ2v) is 4.53. The number of amides is 2. The third kappa shape index (κ3) is 4.16. The molecule has 98 valence electrons. The Morgan fingerprint density at radius 3 is 2.88 bits per heavy atom. The Balaban J connectivity index is 0.00000144. The van der Waals surface area contributed by atoms with Crippen LogP contribution in [-0.4, -0.2) is 48.9 Å². The molecular formula is C11H20ClN3O2. The summed E-state index contributed by atoms with van der Waals surface area (Å²) in [5.41, 5.74) is 0. The molecule has 17 heavy (non-hydrogen) atoms. The third-order valence-corrected chi connectivity index (χ3v) is 3.17. The highest BCUT2D eigenvalue weighted by Crippen LogP contribution is 2.08. The minimum absolute atomic E-state index is 0. The lowest BCUT2D eigenvalue weighted by molar-refractivity contribution is -0.133. The molecule has 2 saturated heterocycles. The van der Waals surface area contributed by atoms with Gasteiger partial charge in [-0.05, 0) is 25.8 Å². The van der Waals surface area contributed by atoms with Gasteiger partial charge in [-0.3, -0.25) is 9.59 Å². The zero-order chi connectivity index (χ0) is 11.4. The van der Waals surface area contributed by atoms with Crippen molar-refractivity contribution in [2.24, 2.45) is 0 Å². The molecule has 0 bridgehead atoms. The van der Waals surface area contributed by atoms with Gasteiger partial charge in [0.15, 0.2) is 0 Å². The van der Waals surface area contributed by atoms with E-state index in [2.05, 4.69) is 10.6 Å². The van der Waals surface area contributed by atoms with E-state index in [0.717, 1.165) is 38.9 Å². The molecule has 5 nitrogen and oxygen atoms in total. The molecule has 0 aliphatic carbocycles. The number of carbonyl (C=O) groups excluding carboxylic acids is 2. The third-order valence-electron chi connectivity index (χ3n) is 3.17. The van der Waals surface area contributed by atoms with Gasteiger partial charge < -0.3 is 15.5 Å². The van der Waals surface area contributed by atoms with E-state index in [9.17, 15) is 9.59 Å². The SMILES string of the molecule is Cl.O=C(CN1CCCC1=O)N[C@H]1CCCNC1. The summed E-state index contributed by atoms with van der Waals surface area (Å²) < 4.78 is 0. The molecule has 2 fully saturated rings. The zero-order valence-corrected chi connectivity index (χ0v) is 10.7. The largest absolute Gasteiger partial charge is 0.351 e. The lowest BCUT2D eigenvalue weighted by Gasteiger charge is -2.25. The molecular weight excluding hydrogens is 242 g/mol. The van der Waals surface area contributed by atoms with E-state index in [1.54, 1.807) is 4.90 Å². The van der Waals surface area contributed by atoms with Gasteiger partial charge in [-0.15, -0.1) is 12.4 Å². The van der Waals surface area contributed by atoms with Crippen LogP contribution in [0.4, 0.5) is 0 Å². The molecule has 0 saturated carbocycles. The summed E-state index contributed by atoms with van der Waals surface area (Å²) in [6, 6.07) is 0.235. The minimum atomic E-state index is -0.0241. The molecule has 0 aromatic carbocycles. The van der Waals surface area contributed by atoms with E-state index in [4.69, 9.17) is 0 Å². The zero-order valence-electron chi connectivity index (χ0n) is 9.91. The van der Waals surface area contributed by atoms with E-state index in [0.29, 0.717) is 6.42 Å². The predicted molar refractivity (Wildman–Crippen MR) is 67.1 cm³/mol. The summed E-state index contributed by atoms with van der Waals surface area (Å²) in [6.45, 7) is 2.85. The van der Waals surface area contributed by atoms with Gasteiger partial charge in [-0.25, -0.2) is 0 Å². The van der Waals surface area contributed by atoms with Crippen molar-refractivity contribution in [2.75, 3.05) is 26.2 Å². The molecule has 0 spiro atoms. The molecule has 2 aliphatic rings. The number of halogens is 1. The number of hydrogen-bond acceptors (Lipinski definition) is 3. The second-order valence-electron chi connectivity index (χ2n) is 4.53. The fraction of sp³-hybridized carbons (Fsp3) is 0.818. The lowest BCUT2D eigenvalue weighted by Crippen LogP contribution is -2.48. The van der Waals surface area contributed by atoms with Gasteiger partial charge in [0.05, 0.1) is 6.54 Å². The van der Waals surface area contributed by atoms with Crippen molar-refractivity contribution in [3.05, 3.63) is 0 Å². The van der Waals surface area contributed by atoms with Gasteiger partial charge in [0, 0.05) is 25.6 Å². The number of hydrogen-bond donors (Lipinski definition) is 2. The van der Waals surface area contributed by atoms with Crippen LogP contribution in [0.1, 0.15) is 25.7 Å². The molecule has 0 aromatic heterocycles. The van der Waals surface area contributed by atoms with Crippen LogP contribution < -0.4 is 10.6 Å². The molecule has 0 radical (unpaired) electrons. The Hall–Kier alpha value is -0.810. The van der Waals surface area contributed by atoms with Gasteiger partial charge in [0.25, 0.3) is 0 Å². The molecule has 0 aromatic rings. The molecule has 2 rings (SSSR count). The summed E-state index contributed by atoms with van der Waals surface area (Å²) in [7, 11) is 0. The van der Waals surface area contributed by atoms with Gasteiger partial charge in [0.1, 0.15) is 0 Å². The van der Waals surface area contributed by atoms with Crippen molar-refractivity contribution in [3.63, 3.8) is 0 Å². The number of likely N-dealkylation sites (tertiary alicyclic amines) is 1. The van der Waals surface area contributed by atoms with E-state index in [1.165, 1.54) is 0 Å². The van der Waals surface area contributed by atoms with Crippen molar-refractivity contribution in [3.8, 4) is 0 Å². The van der Waals surface area contributed by atoms with Crippen LogP contribution in [0.2, 0.25) is 0 Å². The van der Waals surface area contributed by atoms with Crippen LogP contribution in [-0.2, 0) is 9.59 Å². The standard InChI is InChI=1S/C11H19N3O2.ClH/c15-10(8-14-6-2-4-11(14)16)13-9-3-1-5-12-7-9;/h9,12H,1-8H2,(H,13,15);1H/t9-;/m0./s1. The van der Waals surface area contributed by atoms with E-state index in [-0.39, 0.29) is 36.8 Å². The maximum Gasteiger partial charge on any atom is 0.239 e. The summed E-state index contributed by atoms with van der Waals surface area (Å²) in [5, 5.41) is 6.22. The van der Waals surface area contributed by atoms with Crippen LogP contribution in [0.25, 0.3) is 0 Å². The molecule has 0 unspecified atom stereocenters. The number of rotatable bonds is 3. The van der Waals surface area contributed by atoms with Gasteiger partial charge in [-0.2, -0.15) is 0 Å². The molecule has 2 N–H and O–H groups in total. The fourth-order valence-electron chi connectivity index (χ4n) is 2.29. The first kappa shape index (κ1) is 14.3. The Bertz CT molecular complexity index is 280. The number of carbonyl (C=O) groups is 2. The average molecular weight is 262 g/mol. The number of piperidine rings is 1. The first-order chi connectivity index (χ1) is 7.75. The number of nitrogens with one attached hydrogen (secondary N) is 2. The van der Waals surface area contributed by atoms with Crippen molar-refractivity contribution >= 4 is 24.2 Å². The minimum Gasteiger partial charge on any atom is -0.351 e. The van der Waals surface area contributed by atoms with Crippen LogP contribution >= 0.6 is 12.4 Å². The van der Waals surface area contributed by atoms with Crippen LogP contribution in [0.3, 0.4) is 0 Å². The van der Waals surface area contributed by atoms with E-state index >= 15 is 0 Å². The van der Waals surface area contributed by atoms with Gasteiger partial charge in [0.2, 0.25) is 11.8 Å². The maximum absolute atomic E-state index is 11.7. The maximum atomic E-state index is 11.7. The second kappa shape index (κ2) is 6.81. The van der Waals surface area contributed by atoms with Crippen LogP contribution in [0.5, 0.6) is 0 Å². The fourth-order valence-corrected chi connectivity index (χ4v) is 2.29. The summed E-state index contributed by atoms with van der Waals surface area (Å²) in [6.07, 6.45) is 3.62. The van der Waals surface area contributed by atoms with Gasteiger partial charge in [-0.1, -0.05) is 0 Å². The Kier molecular flexibility index (Phi) is 5.71. The highest BCUT2D eigenvalue weighted by molar-refractivity contribution is 5.86. The van der Waals surface area contributed by atoms with E-state index < -0.39 is 0 Å². The normalized spacial score (nSPS) is 24.4. The first-order valence-corrected chi connectivity index (χ1v) is 6.03. The van der Waals surface area contributed by atoms with Crippen molar-refractivity contribution < 1.29 is 9.59 Å².